The summed E-state index contributed by atoms with van der Waals surface area (Å²) in [7, 11) is 0. The highest BCUT2D eigenvalue weighted by Crippen LogP contribution is 2.49. The Kier molecular flexibility index (Phi) is 7.57. The van der Waals surface area contributed by atoms with Crippen LogP contribution in [0.1, 0.15) is 49.6 Å². The molecule has 39 heavy (non-hydrogen) atoms. The molecular formula is C31H29BrN2O5. The van der Waals surface area contributed by atoms with Crippen LogP contribution in [0.15, 0.2) is 81.8 Å². The number of hydrogen-bond acceptors (Lipinski definition) is 6. The van der Waals surface area contributed by atoms with Crippen LogP contribution < -0.4 is 5.32 Å². The van der Waals surface area contributed by atoms with Gasteiger partial charge in [-0.15, -0.1) is 0 Å². The van der Waals surface area contributed by atoms with Gasteiger partial charge in [0.25, 0.3) is 0 Å². The SMILES string of the molecule is CCOC(=O)C1(c2ccc(-c3ccc(-c4onc(C)c4NC(=O)O[C@H](C)c4cccc(Br)c4)cc3)cc2)CC1. The third kappa shape index (κ3) is 5.61. The molecule has 0 saturated heterocycles. The number of anilines is 1. The lowest BCUT2D eigenvalue weighted by Crippen LogP contribution is -2.23. The average molecular weight is 589 g/mol. The minimum atomic E-state index is -0.594. The largest absolute Gasteiger partial charge is 0.465 e. The van der Waals surface area contributed by atoms with Gasteiger partial charge in [-0.05, 0) is 68.0 Å². The number of esters is 1. The summed E-state index contributed by atoms with van der Waals surface area (Å²) in [6.07, 6.45) is 0.610. The fourth-order valence-electron chi connectivity index (χ4n) is 4.63. The number of amides is 1. The molecule has 0 spiro atoms. The van der Waals surface area contributed by atoms with Crippen LogP contribution in [0, 0.1) is 6.92 Å². The molecule has 4 aromatic rings. The summed E-state index contributed by atoms with van der Waals surface area (Å²) in [5.41, 5.74) is 5.21. The van der Waals surface area contributed by atoms with Crippen molar-refractivity contribution in [1.29, 1.82) is 0 Å². The van der Waals surface area contributed by atoms with Crippen molar-refractivity contribution in [3.63, 3.8) is 0 Å². The number of nitrogens with one attached hydrogen (secondary N) is 1. The van der Waals surface area contributed by atoms with Gasteiger partial charge >= 0.3 is 12.1 Å². The second-order valence-corrected chi connectivity index (χ2v) is 10.6. The smallest absolute Gasteiger partial charge is 0.412 e. The molecule has 1 aromatic heterocycles. The monoisotopic (exact) mass is 588 g/mol. The number of carbonyl (C=O) groups is 2. The topological polar surface area (TPSA) is 90.7 Å². The Morgan fingerprint density at radius 1 is 1.03 bits per heavy atom. The number of ether oxygens (including phenoxy) is 2. The van der Waals surface area contributed by atoms with Crippen molar-refractivity contribution >= 4 is 33.7 Å². The van der Waals surface area contributed by atoms with E-state index < -0.39 is 17.6 Å². The van der Waals surface area contributed by atoms with Gasteiger partial charge in [0, 0.05) is 10.0 Å². The quantitative estimate of drug-likeness (QED) is 0.210. The summed E-state index contributed by atoms with van der Waals surface area (Å²) >= 11 is 3.44. The maximum Gasteiger partial charge on any atom is 0.412 e. The van der Waals surface area contributed by atoms with E-state index in [1.54, 1.807) is 6.92 Å². The number of hydrogen-bond donors (Lipinski definition) is 1. The van der Waals surface area contributed by atoms with E-state index >= 15 is 0 Å². The second kappa shape index (κ2) is 11.1. The van der Waals surface area contributed by atoms with Crippen molar-refractivity contribution in [1.82, 2.24) is 5.16 Å². The number of rotatable bonds is 8. The molecule has 3 aromatic carbocycles. The first-order valence-electron chi connectivity index (χ1n) is 12.9. The number of aryl methyl sites for hydroxylation is 1. The van der Waals surface area contributed by atoms with E-state index in [0.717, 1.165) is 45.1 Å². The fourth-order valence-corrected chi connectivity index (χ4v) is 5.05. The predicted molar refractivity (Wildman–Crippen MR) is 152 cm³/mol. The van der Waals surface area contributed by atoms with Crippen molar-refractivity contribution in [2.24, 2.45) is 0 Å². The molecule has 1 heterocycles. The summed E-state index contributed by atoms with van der Waals surface area (Å²) in [6, 6.07) is 23.5. The lowest BCUT2D eigenvalue weighted by Gasteiger charge is -2.15. The zero-order valence-electron chi connectivity index (χ0n) is 22.0. The maximum absolute atomic E-state index is 12.7. The highest BCUT2D eigenvalue weighted by atomic mass is 79.9. The molecule has 1 amide bonds. The van der Waals surface area contributed by atoms with E-state index in [1.165, 1.54) is 0 Å². The molecule has 1 atom stereocenters. The molecule has 200 valence electrons. The van der Waals surface area contributed by atoms with Gasteiger partial charge in [-0.25, -0.2) is 4.79 Å². The van der Waals surface area contributed by atoms with Gasteiger partial charge in [0.05, 0.1) is 12.0 Å². The minimum absolute atomic E-state index is 0.139. The number of nitrogens with zero attached hydrogens (tertiary/aromatic N) is 1. The Labute approximate surface area is 235 Å². The summed E-state index contributed by atoms with van der Waals surface area (Å²) in [4.78, 5) is 25.1. The molecular weight excluding hydrogens is 560 g/mol. The lowest BCUT2D eigenvalue weighted by molar-refractivity contribution is -0.146. The summed E-state index contributed by atoms with van der Waals surface area (Å²) in [5.74, 6) is 0.312. The first-order chi connectivity index (χ1) is 18.8. The number of aromatic nitrogens is 1. The first kappa shape index (κ1) is 26.7. The zero-order chi connectivity index (χ0) is 27.6. The van der Waals surface area contributed by atoms with Crippen LogP contribution in [0.2, 0.25) is 0 Å². The number of benzene rings is 3. The number of halogens is 1. The molecule has 1 saturated carbocycles. The van der Waals surface area contributed by atoms with Gasteiger partial charge in [-0.1, -0.05) is 81.8 Å². The first-order valence-corrected chi connectivity index (χ1v) is 13.7. The van der Waals surface area contributed by atoms with E-state index in [4.69, 9.17) is 14.0 Å². The van der Waals surface area contributed by atoms with E-state index in [1.807, 2.05) is 86.6 Å². The molecule has 1 aliphatic rings. The Hall–Kier alpha value is -3.91. The Morgan fingerprint density at radius 2 is 1.67 bits per heavy atom. The predicted octanol–water partition coefficient (Wildman–Crippen LogP) is 7.98. The van der Waals surface area contributed by atoms with Gasteiger partial charge in [0.1, 0.15) is 17.5 Å². The van der Waals surface area contributed by atoms with E-state index in [-0.39, 0.29) is 5.97 Å². The Morgan fingerprint density at radius 3 is 2.28 bits per heavy atom. The average Bonchev–Trinajstić information content (AvgIpc) is 3.68. The van der Waals surface area contributed by atoms with Crippen molar-refractivity contribution in [3.05, 3.63) is 94.1 Å². The molecule has 0 aliphatic heterocycles. The lowest BCUT2D eigenvalue weighted by atomic mass is 9.93. The van der Waals surface area contributed by atoms with Crippen LogP contribution in [0.3, 0.4) is 0 Å². The van der Waals surface area contributed by atoms with Crippen molar-refractivity contribution in [2.75, 3.05) is 11.9 Å². The molecule has 7 nitrogen and oxygen atoms in total. The van der Waals surface area contributed by atoms with Crippen LogP contribution >= 0.6 is 15.9 Å². The molecule has 0 unspecified atom stereocenters. The van der Waals surface area contributed by atoms with Crippen molar-refractivity contribution < 1.29 is 23.6 Å². The molecule has 8 heteroatoms. The van der Waals surface area contributed by atoms with Gasteiger partial charge < -0.3 is 14.0 Å². The second-order valence-electron chi connectivity index (χ2n) is 9.66. The van der Waals surface area contributed by atoms with Crippen LogP contribution in [0.5, 0.6) is 0 Å². The third-order valence-corrected chi connectivity index (χ3v) is 7.52. The van der Waals surface area contributed by atoms with Gasteiger partial charge in [-0.3, -0.25) is 10.1 Å². The Bertz CT molecular complexity index is 1490. The van der Waals surface area contributed by atoms with Crippen LogP contribution in [0.4, 0.5) is 10.5 Å². The van der Waals surface area contributed by atoms with E-state index in [0.29, 0.717) is 23.7 Å². The van der Waals surface area contributed by atoms with E-state index in [2.05, 4.69) is 26.4 Å². The van der Waals surface area contributed by atoms with Crippen molar-refractivity contribution in [2.45, 2.75) is 45.1 Å². The summed E-state index contributed by atoms with van der Waals surface area (Å²) < 4.78 is 17.3. The molecule has 1 N–H and O–H groups in total. The van der Waals surface area contributed by atoms with Crippen molar-refractivity contribution in [3.8, 4) is 22.5 Å². The standard InChI is InChI=1S/C31H29BrN2O5/c1-4-37-29(35)31(16-17-31)25-14-12-22(13-15-25)21-8-10-23(11-9-21)28-27(19(2)34-39-28)33-30(36)38-20(3)24-6-5-7-26(32)18-24/h5-15,18,20H,4,16-17H2,1-3H3,(H,33,36)/t20-/m1/s1. The van der Waals surface area contributed by atoms with E-state index in [9.17, 15) is 9.59 Å². The minimum Gasteiger partial charge on any atom is -0.465 e. The summed E-state index contributed by atoms with van der Waals surface area (Å²) in [6.45, 7) is 5.80. The fraction of sp³-hybridized carbons (Fsp3) is 0.258. The zero-order valence-corrected chi connectivity index (χ0v) is 23.6. The van der Waals surface area contributed by atoms with Crippen LogP contribution in [0.25, 0.3) is 22.5 Å². The van der Waals surface area contributed by atoms with Gasteiger partial charge in [0.15, 0.2) is 5.76 Å². The summed E-state index contributed by atoms with van der Waals surface area (Å²) in [5, 5.41) is 6.85. The molecule has 0 radical (unpaired) electrons. The molecule has 0 bridgehead atoms. The maximum atomic E-state index is 12.7. The molecule has 1 fully saturated rings. The normalized spacial score (nSPS) is 14.4. The highest BCUT2D eigenvalue weighted by Gasteiger charge is 2.52. The van der Waals surface area contributed by atoms with Crippen LogP contribution in [-0.4, -0.2) is 23.8 Å². The number of carbonyl (C=O) groups excluding carboxylic acids is 2. The Balaban J connectivity index is 1.28. The molecule has 1 aliphatic carbocycles. The highest BCUT2D eigenvalue weighted by molar-refractivity contribution is 9.10. The molecule has 5 rings (SSSR count). The third-order valence-electron chi connectivity index (χ3n) is 7.03. The van der Waals surface area contributed by atoms with Gasteiger partial charge in [-0.2, -0.15) is 0 Å². The van der Waals surface area contributed by atoms with Gasteiger partial charge in [0.2, 0.25) is 0 Å². The van der Waals surface area contributed by atoms with Crippen LogP contribution in [-0.2, 0) is 19.7 Å².